The Morgan fingerprint density at radius 1 is 1.07 bits per heavy atom. The molecular formula is C30H30Cl2F2N2O9S. The van der Waals surface area contributed by atoms with Crippen molar-refractivity contribution in [2.45, 2.75) is 38.4 Å². The van der Waals surface area contributed by atoms with Crippen molar-refractivity contribution < 1.29 is 50.5 Å². The van der Waals surface area contributed by atoms with Crippen LogP contribution in [0.4, 0.5) is 8.78 Å². The number of rotatable bonds is 16. The highest BCUT2D eigenvalue weighted by Gasteiger charge is 2.27. The van der Waals surface area contributed by atoms with Gasteiger partial charge in [-0.2, -0.15) is 17.8 Å². The Balaban J connectivity index is 1.55. The van der Waals surface area contributed by atoms with E-state index in [0.29, 0.717) is 15.9 Å². The number of thiol groups is 1. The first-order valence-corrected chi connectivity index (χ1v) is 15.9. The van der Waals surface area contributed by atoms with Gasteiger partial charge in [0.1, 0.15) is 22.7 Å². The number of ether oxygens (including phenoxy) is 4. The minimum atomic E-state index is -3.21. The standard InChI is InChI=1S/C30H30Cl2F2N2O9S/c1-42-29(38)20-6-4-18(5-7-20)10-11-36(46(40)41)16-28(37)44-26(13-22-23(31)14-35(39)15-24(22)32)21-8-9-25(45-30(33)34)27(12-21)43-17-19-2-3-19/h4-9,12,14-15,19,26,30,46H,2-3,10-11,13,16-17H2,1H3. The number of nitrogens with zero attached hydrogens (tertiary/aromatic N) is 2. The van der Waals surface area contributed by atoms with E-state index in [1.165, 1.54) is 37.4 Å². The number of halogens is 4. The molecule has 0 bridgehead atoms. The fourth-order valence-corrected chi connectivity index (χ4v) is 5.50. The number of benzene rings is 2. The highest BCUT2D eigenvalue weighted by Crippen LogP contribution is 2.37. The number of carbonyl (C=O) groups excluding carboxylic acids is 2. The number of hydrogen-bond donors (Lipinski definition) is 1. The monoisotopic (exact) mass is 702 g/mol. The van der Waals surface area contributed by atoms with Crippen molar-refractivity contribution in [3.63, 3.8) is 0 Å². The molecule has 1 atom stereocenters. The van der Waals surface area contributed by atoms with Crippen LogP contribution in [0.1, 0.15) is 46.0 Å². The molecule has 0 aliphatic heterocycles. The maximum Gasteiger partial charge on any atom is 0.387 e. The van der Waals surface area contributed by atoms with Crippen molar-refractivity contribution >= 4 is 46.0 Å². The molecule has 0 radical (unpaired) electrons. The second kappa shape index (κ2) is 16.2. The number of esters is 2. The lowest BCUT2D eigenvalue weighted by Crippen LogP contribution is -2.32. The molecule has 1 unspecified atom stereocenters. The van der Waals surface area contributed by atoms with Crippen LogP contribution < -0.4 is 14.2 Å². The highest BCUT2D eigenvalue weighted by molar-refractivity contribution is 7.69. The molecule has 2 aromatic carbocycles. The van der Waals surface area contributed by atoms with Gasteiger partial charge in [-0.3, -0.25) is 4.79 Å². The van der Waals surface area contributed by atoms with E-state index in [0.717, 1.165) is 29.5 Å². The topological polar surface area (TPSA) is 135 Å². The van der Waals surface area contributed by atoms with E-state index in [2.05, 4.69) is 9.47 Å². The Kier molecular flexibility index (Phi) is 12.4. The van der Waals surface area contributed by atoms with E-state index in [4.69, 9.17) is 32.7 Å². The van der Waals surface area contributed by atoms with E-state index in [-0.39, 0.29) is 64.6 Å². The minimum Gasteiger partial charge on any atom is -0.619 e. The Morgan fingerprint density at radius 3 is 2.33 bits per heavy atom. The van der Waals surface area contributed by atoms with Crippen molar-refractivity contribution in [2.75, 3.05) is 26.8 Å². The normalized spacial score (nSPS) is 13.6. The molecule has 3 aromatic rings. The third kappa shape index (κ3) is 10.1. The Morgan fingerprint density at radius 2 is 1.74 bits per heavy atom. The fraction of sp³-hybridized carbons (Fsp3) is 0.367. The van der Waals surface area contributed by atoms with Crippen molar-refractivity contribution in [3.8, 4) is 11.5 Å². The molecule has 1 aliphatic carbocycles. The molecule has 1 aliphatic rings. The Hall–Kier alpha value is -3.72. The summed E-state index contributed by atoms with van der Waals surface area (Å²) in [4.78, 5) is 24.8. The highest BCUT2D eigenvalue weighted by atomic mass is 35.5. The zero-order valence-corrected chi connectivity index (χ0v) is 26.8. The van der Waals surface area contributed by atoms with E-state index in [1.807, 2.05) is 0 Å². The van der Waals surface area contributed by atoms with E-state index in [9.17, 15) is 32.0 Å². The summed E-state index contributed by atoms with van der Waals surface area (Å²) >= 11 is 12.6. The average molecular weight is 704 g/mol. The maximum atomic E-state index is 13.2. The predicted molar refractivity (Wildman–Crippen MR) is 163 cm³/mol. The summed E-state index contributed by atoms with van der Waals surface area (Å²) in [6, 6.07) is 10.4. The second-order valence-corrected chi connectivity index (χ2v) is 12.2. The first-order valence-electron chi connectivity index (χ1n) is 14.0. The molecule has 248 valence electrons. The molecule has 11 nitrogen and oxygen atoms in total. The van der Waals surface area contributed by atoms with Crippen molar-refractivity contribution in [1.29, 1.82) is 0 Å². The molecule has 0 amide bonds. The molecular weight excluding hydrogens is 673 g/mol. The summed E-state index contributed by atoms with van der Waals surface area (Å²) in [7, 11) is -1.95. The van der Waals surface area contributed by atoms with Gasteiger partial charge in [0.25, 0.3) is 0 Å². The smallest absolute Gasteiger partial charge is 0.387 e. The maximum absolute atomic E-state index is 13.2. The number of pyridine rings is 1. The molecule has 0 spiro atoms. The summed E-state index contributed by atoms with van der Waals surface area (Å²) in [6.07, 6.45) is 2.90. The SMILES string of the molecule is COC(=O)c1ccc(CCN(CC(=O)OC(Cc2c(Cl)c[n+]([O-])cc2Cl)c2ccc(OC(F)F)c(OCC3CC3)c2)[SH](=O)=O)cc1. The molecule has 1 aromatic heterocycles. The van der Waals surface area contributed by atoms with Crippen molar-refractivity contribution in [2.24, 2.45) is 5.92 Å². The number of hydrogen-bond acceptors (Lipinski definition) is 9. The molecule has 1 heterocycles. The van der Waals surface area contributed by atoms with Crippen LogP contribution >= 0.6 is 23.2 Å². The van der Waals surface area contributed by atoms with Crippen LogP contribution in [0.3, 0.4) is 0 Å². The first-order chi connectivity index (χ1) is 21.9. The summed E-state index contributed by atoms with van der Waals surface area (Å²) in [5.74, 6) is -1.39. The molecule has 46 heavy (non-hydrogen) atoms. The number of alkyl halides is 2. The largest absolute Gasteiger partial charge is 0.619 e. The van der Waals surface area contributed by atoms with Gasteiger partial charge < -0.3 is 24.2 Å². The van der Waals surface area contributed by atoms with Crippen LogP contribution in [-0.4, -0.2) is 58.1 Å². The predicted octanol–water partition coefficient (Wildman–Crippen LogP) is 4.70. The fourth-order valence-electron chi connectivity index (χ4n) is 4.41. The lowest BCUT2D eigenvalue weighted by Gasteiger charge is -2.22. The summed E-state index contributed by atoms with van der Waals surface area (Å²) in [5.41, 5.74) is 1.57. The minimum absolute atomic E-state index is 0.00381. The van der Waals surface area contributed by atoms with E-state index in [1.54, 1.807) is 12.1 Å². The van der Waals surface area contributed by atoms with Crippen LogP contribution in [0.25, 0.3) is 0 Å². The van der Waals surface area contributed by atoms with Gasteiger partial charge in [0.2, 0.25) is 10.9 Å². The van der Waals surface area contributed by atoms with Gasteiger partial charge in [-0.25, -0.2) is 13.2 Å². The second-order valence-electron chi connectivity index (χ2n) is 10.4. The van der Waals surface area contributed by atoms with Crippen LogP contribution in [0.5, 0.6) is 11.5 Å². The van der Waals surface area contributed by atoms with Crippen LogP contribution in [0.15, 0.2) is 54.9 Å². The third-order valence-corrected chi connectivity index (χ3v) is 8.48. The van der Waals surface area contributed by atoms with Crippen molar-refractivity contribution in [1.82, 2.24) is 4.31 Å². The lowest BCUT2D eigenvalue weighted by molar-refractivity contribution is -0.605. The van der Waals surface area contributed by atoms with Crippen LogP contribution in [-0.2, 0) is 38.0 Å². The van der Waals surface area contributed by atoms with Gasteiger partial charge in [0, 0.05) is 18.5 Å². The van der Waals surface area contributed by atoms with Gasteiger partial charge >= 0.3 is 18.6 Å². The van der Waals surface area contributed by atoms with E-state index >= 15 is 0 Å². The average Bonchev–Trinajstić information content (AvgIpc) is 3.84. The number of carbonyl (C=O) groups is 2. The lowest BCUT2D eigenvalue weighted by atomic mass is 10.0. The quantitative estimate of drug-likeness (QED) is 0.0975. The zero-order chi connectivity index (χ0) is 33.4. The molecule has 0 N–H and O–H groups in total. The van der Waals surface area contributed by atoms with Gasteiger partial charge in [-0.1, -0.05) is 41.4 Å². The molecule has 1 saturated carbocycles. The summed E-state index contributed by atoms with van der Waals surface area (Å²) < 4.78 is 72.4. The third-order valence-electron chi connectivity index (χ3n) is 7.02. The van der Waals surface area contributed by atoms with E-state index < -0.39 is 42.1 Å². The van der Waals surface area contributed by atoms with Crippen molar-refractivity contribution in [3.05, 3.63) is 92.4 Å². The summed E-state index contributed by atoms with van der Waals surface area (Å²) in [6.45, 7) is -3.57. The van der Waals surface area contributed by atoms with Gasteiger partial charge in [-0.05, 0) is 60.6 Å². The molecule has 0 saturated heterocycles. The van der Waals surface area contributed by atoms with Gasteiger partial charge in [0.05, 0.1) is 19.3 Å². The van der Waals surface area contributed by atoms with Gasteiger partial charge in [-0.15, -0.1) is 0 Å². The van der Waals surface area contributed by atoms with Crippen LogP contribution in [0.2, 0.25) is 10.0 Å². The Labute approximate surface area is 275 Å². The first kappa shape index (κ1) is 35.1. The number of methoxy groups -OCH3 is 1. The van der Waals surface area contributed by atoms with Gasteiger partial charge in [0.15, 0.2) is 23.9 Å². The summed E-state index contributed by atoms with van der Waals surface area (Å²) in [5, 5.41) is 11.8. The Bertz CT molecular complexity index is 1590. The molecule has 4 rings (SSSR count). The molecule has 16 heteroatoms. The van der Waals surface area contributed by atoms with Crippen LogP contribution in [0, 0.1) is 11.1 Å². The molecule has 1 fully saturated rings. The number of aromatic nitrogens is 1. The zero-order valence-electron chi connectivity index (χ0n) is 24.4.